The van der Waals surface area contributed by atoms with Gasteiger partial charge in [-0.1, -0.05) is 316 Å². The number of aromatic nitrogens is 3. The fourth-order valence-corrected chi connectivity index (χ4v) is 19.2. The van der Waals surface area contributed by atoms with E-state index in [1.165, 1.54) is 122 Å². The standard InChI is InChI=1S/C21H17NO2S.C18H17NO.C15H15N.C15H13N.C14H12BNO4S.C7H7I.C6H15Si.C3H3ClO.Na.H2O/c1-16-8-7-9-17(14-16)20-15-22(21-13-6-5-12-19(20)21)25(23,24)18-10-3-2-4-11-18;1-3-18(20)19-12-16(14-8-6-7-13(2)11-14)15-9-4-5-10-17(15)19;2*1-11-5-4-6-12(9-11)14-10-16-15-8-3-2-7-13(14)15;17-15(18)13-10-16(14-9-5-4-8-12(13)14)21(19,20)11-6-2-1-3-7-11;1-6-3-2-4-7(8)5-6;1-4-7(5-2)6-3;1-2-3(4)5;;/h2-15H,1H3;3-11,16H,1,12H2,2H3;2-9,14,16H,10H2,1H3;2-10,16H,1H3;1-10,17-18H;2-5H,1H3;4-6H2,1-3H3;2H,1H2;;1H2/q;;;;;;;;+1;/p-1. The number of fused-ring (bicyclic) bond motifs is 5. The number of rotatable bonds is 14. The molecule has 0 aliphatic carbocycles. The van der Waals surface area contributed by atoms with Crippen molar-refractivity contribution in [1.82, 2.24) is 12.9 Å². The molecule has 17 rings (SSSR count). The van der Waals surface area contributed by atoms with Crippen molar-refractivity contribution >= 4 is 131 Å². The average Bonchev–Trinajstić information content (AvgIpc) is 1.61. The first kappa shape index (κ1) is 95.2. The Morgan fingerprint density at radius 1 is 0.500 bits per heavy atom. The summed E-state index contributed by atoms with van der Waals surface area (Å²) in [5, 5.41) is 24.5. The second-order valence-corrected chi connectivity index (χ2v) is 37.4. The van der Waals surface area contributed by atoms with Gasteiger partial charge in [-0.2, -0.15) is 0 Å². The van der Waals surface area contributed by atoms with Gasteiger partial charge in [-0.15, -0.1) is 0 Å². The van der Waals surface area contributed by atoms with Crippen LogP contribution in [0.2, 0.25) is 18.1 Å². The molecule has 120 heavy (non-hydrogen) atoms. The van der Waals surface area contributed by atoms with Crippen LogP contribution >= 0.6 is 34.2 Å². The normalized spacial score (nSPS) is 12.6. The molecule has 3 aromatic heterocycles. The van der Waals surface area contributed by atoms with E-state index in [1.54, 1.807) is 72.9 Å². The third-order valence-electron chi connectivity index (χ3n) is 20.3. The first-order chi connectivity index (χ1) is 56.9. The monoisotopic (exact) mass is 1790 g/mol. The van der Waals surface area contributed by atoms with Crippen LogP contribution in [0.25, 0.3) is 55.0 Å². The SMILES string of the molecule is C=CC(=O)Cl.C=CC(=O)N1CC(c2cccc(C)c2)c2ccccc21.CC[Si](CC)CC.Cc1cccc(-c2c[nH]c3ccccc23)c1.Cc1cccc(-c2cn(S(=O)(=O)c3ccccc3)c3ccccc23)c1.Cc1cccc(C2CNc3ccccc32)c1.Cc1cccc(I)c1.O=S(=O)(c1ccccc1)n1cc(B(O)O)c2ccccc21.[Na+].[OH-]. The van der Waals surface area contributed by atoms with E-state index < -0.39 is 32.4 Å². The molecule has 1 amide bonds. The van der Waals surface area contributed by atoms with E-state index in [2.05, 4.69) is 258 Å². The predicted octanol–water partition coefficient (Wildman–Crippen LogP) is 19.7. The summed E-state index contributed by atoms with van der Waals surface area (Å²) < 4.78 is 55.4. The summed E-state index contributed by atoms with van der Waals surface area (Å²) in [7, 11) is -9.03. The molecule has 2 aliphatic heterocycles. The summed E-state index contributed by atoms with van der Waals surface area (Å²) >= 11 is 7.01. The minimum Gasteiger partial charge on any atom is -0.870 e. The summed E-state index contributed by atoms with van der Waals surface area (Å²) in [6, 6.07) is 103. The van der Waals surface area contributed by atoms with E-state index in [0.29, 0.717) is 28.9 Å². The number of nitrogens with one attached hydrogen (secondary N) is 2. The smallest absolute Gasteiger partial charge is 0.870 e. The number of anilines is 2. The number of carbonyl (C=O) groups excluding carboxylic acids is 2. The maximum absolute atomic E-state index is 13.1. The number of benzene rings is 12. The van der Waals surface area contributed by atoms with Crippen LogP contribution < -0.4 is 45.2 Å². The Morgan fingerprint density at radius 3 is 1.43 bits per heavy atom. The van der Waals surface area contributed by atoms with Crippen molar-refractivity contribution in [3.8, 4) is 22.3 Å². The molecule has 14 nitrogen and oxygen atoms in total. The van der Waals surface area contributed by atoms with E-state index in [9.17, 15) is 36.5 Å². The minimum absolute atomic E-state index is 0. The van der Waals surface area contributed by atoms with Crippen LogP contribution in [0.4, 0.5) is 11.4 Å². The van der Waals surface area contributed by atoms with Gasteiger partial charge in [-0.05, 0) is 181 Å². The Morgan fingerprint density at radius 2 is 0.933 bits per heavy atom. The predicted molar refractivity (Wildman–Crippen MR) is 504 cm³/mol. The molecule has 609 valence electrons. The molecule has 21 heteroatoms. The van der Waals surface area contributed by atoms with Crippen LogP contribution in [0.1, 0.15) is 82.7 Å². The number of hydrogen-bond acceptors (Lipinski definition) is 10. The van der Waals surface area contributed by atoms with Gasteiger partial charge in [-0.25, -0.2) is 24.8 Å². The van der Waals surface area contributed by atoms with Crippen LogP contribution in [-0.4, -0.2) is 85.4 Å². The van der Waals surface area contributed by atoms with Crippen LogP contribution in [0, 0.1) is 38.2 Å². The van der Waals surface area contributed by atoms with Gasteiger partial charge in [0.1, 0.15) is 0 Å². The summed E-state index contributed by atoms with van der Waals surface area (Å²) in [5.74, 6) is 0.721. The number of aromatic amines is 1. The van der Waals surface area contributed by atoms with E-state index >= 15 is 0 Å². The molecular formula is C99H100BClIN5NaO9S2Si. The molecule has 15 aromatic rings. The van der Waals surface area contributed by atoms with Gasteiger partial charge >= 0.3 is 36.7 Å². The topological polar surface area (TPSA) is 214 Å². The van der Waals surface area contributed by atoms with Crippen molar-refractivity contribution in [1.29, 1.82) is 0 Å². The molecule has 2 unspecified atom stereocenters. The Bertz CT molecular complexity index is 6140. The fraction of sp³-hybridized carbons (Fsp3) is 0.152. The number of allylic oxidation sites excluding steroid dienone is 1. The number of hydrogen-bond donors (Lipinski definition) is 4. The van der Waals surface area contributed by atoms with Gasteiger partial charge in [0, 0.05) is 106 Å². The minimum atomic E-state index is -3.78. The maximum Gasteiger partial charge on any atom is 1.00 e. The Balaban J connectivity index is 0.000000177. The van der Waals surface area contributed by atoms with E-state index in [4.69, 9.17) is 11.6 Å². The molecule has 0 spiro atoms. The van der Waals surface area contributed by atoms with E-state index in [0.717, 1.165) is 44.4 Å². The number of para-hydroxylation sites is 5. The number of amides is 1. The summed E-state index contributed by atoms with van der Waals surface area (Å²) in [6.45, 7) is 25.8. The van der Waals surface area contributed by atoms with Gasteiger partial charge in [0.2, 0.25) is 11.1 Å². The summed E-state index contributed by atoms with van der Waals surface area (Å²) in [5.41, 5.74) is 20.9. The quantitative estimate of drug-likeness (QED) is 0.0350. The number of carbonyl (C=O) groups is 2. The van der Waals surface area contributed by atoms with Crippen LogP contribution in [0.3, 0.4) is 0 Å². The second kappa shape index (κ2) is 46.0. The van der Waals surface area contributed by atoms with Crippen molar-refractivity contribution in [2.45, 2.75) is 95.1 Å². The molecule has 5 N–H and O–H groups in total. The van der Waals surface area contributed by atoms with Crippen LogP contribution in [0.5, 0.6) is 0 Å². The molecule has 1 radical (unpaired) electrons. The molecule has 0 saturated heterocycles. The zero-order valence-corrected chi connectivity index (χ0v) is 76.7. The maximum atomic E-state index is 13.1. The third kappa shape index (κ3) is 24.8. The molecule has 2 aliphatic rings. The first-order valence-electron chi connectivity index (χ1n) is 39.1. The largest absolute Gasteiger partial charge is 1.00 e. The summed E-state index contributed by atoms with van der Waals surface area (Å²) in [4.78, 5) is 27.0. The summed E-state index contributed by atoms with van der Waals surface area (Å²) in [6.07, 6.45) is 7.48. The molecule has 12 aromatic carbocycles. The van der Waals surface area contributed by atoms with E-state index in [-0.39, 0.29) is 70.9 Å². The van der Waals surface area contributed by atoms with Gasteiger partial charge in [0.25, 0.3) is 20.0 Å². The zero-order chi connectivity index (χ0) is 84.5. The third-order valence-corrected chi connectivity index (χ3v) is 27.5. The van der Waals surface area contributed by atoms with Gasteiger partial charge in [0.05, 0.1) is 20.8 Å². The van der Waals surface area contributed by atoms with Gasteiger partial charge in [-0.3, -0.25) is 9.59 Å². The molecule has 0 saturated carbocycles. The van der Waals surface area contributed by atoms with Gasteiger partial charge < -0.3 is 30.7 Å². The van der Waals surface area contributed by atoms with E-state index in [1.807, 2.05) is 78.6 Å². The second-order valence-electron chi connectivity index (χ2n) is 28.5. The number of H-pyrrole nitrogens is 1. The first-order valence-corrected chi connectivity index (χ1v) is 45.6. The average molecular weight is 1790 g/mol. The van der Waals surface area contributed by atoms with Crippen molar-refractivity contribution in [3.05, 3.63) is 401 Å². The van der Waals surface area contributed by atoms with Crippen LogP contribution in [-0.2, 0) is 29.6 Å². The molecule has 5 heterocycles. The number of aryl methyl sites for hydroxylation is 5. The number of halogens is 2. The molecule has 0 bridgehead atoms. The Kier molecular flexibility index (Phi) is 36.5. The van der Waals surface area contributed by atoms with Crippen LogP contribution in [0.15, 0.2) is 357 Å². The van der Waals surface area contributed by atoms with Crippen molar-refractivity contribution in [2.24, 2.45) is 0 Å². The molecule has 0 fully saturated rings. The molecular weight excluding hydrogens is 1690 g/mol. The van der Waals surface area contributed by atoms with Crippen molar-refractivity contribution < 1.29 is 71.5 Å². The van der Waals surface area contributed by atoms with Gasteiger partial charge in [0.15, 0.2) is 0 Å². The fourth-order valence-electron chi connectivity index (χ4n) is 14.2. The van der Waals surface area contributed by atoms with Crippen molar-refractivity contribution in [3.63, 3.8) is 0 Å². The Hall–Kier alpha value is -10.2. The number of nitrogens with zero attached hydrogens (tertiary/aromatic N) is 3. The zero-order valence-electron chi connectivity index (χ0n) is 69.1. The van der Waals surface area contributed by atoms with Crippen molar-refractivity contribution in [2.75, 3.05) is 23.3 Å². The Labute approximate surface area is 750 Å². The molecule has 2 atom stereocenters.